The smallest absolute Gasteiger partial charge is 0.462 e. The maximum absolute atomic E-state index is 12.4. The van der Waals surface area contributed by atoms with E-state index in [-0.39, 0.29) is 25.7 Å². The largest absolute Gasteiger partial charge is 0.469 e. The number of allylic oxidation sites excluding steroid dienone is 6. The van der Waals surface area contributed by atoms with Crippen LogP contribution in [0.15, 0.2) is 48.6 Å². The highest BCUT2D eigenvalue weighted by Crippen LogP contribution is 2.36. The predicted molar refractivity (Wildman–Crippen MR) is 206 cm³/mol. The number of esters is 2. The van der Waals surface area contributed by atoms with E-state index in [1.165, 1.54) is 57.4 Å². The van der Waals surface area contributed by atoms with Crippen molar-refractivity contribution in [3.8, 4) is 0 Å². The molecule has 52 heavy (non-hydrogen) atoms. The molecule has 0 aromatic rings. The lowest BCUT2D eigenvalue weighted by Crippen LogP contribution is -2.29. The van der Waals surface area contributed by atoms with Crippen molar-refractivity contribution in [3.05, 3.63) is 48.6 Å². The summed E-state index contributed by atoms with van der Waals surface area (Å²) >= 11 is 0. The third-order valence-corrected chi connectivity index (χ3v) is 8.88. The number of carbonyl (C=O) groups excluding carboxylic acids is 2. The van der Waals surface area contributed by atoms with Gasteiger partial charge in [0.15, 0.2) is 6.10 Å². The summed E-state index contributed by atoms with van der Waals surface area (Å²) in [6.45, 7) is 5.59. The van der Waals surface area contributed by atoms with Gasteiger partial charge >= 0.3 is 19.8 Å². The Bertz CT molecular complexity index is 1050. The van der Waals surface area contributed by atoms with Crippen LogP contribution in [0.1, 0.15) is 149 Å². The molecule has 0 unspecified atom stereocenters. The molecule has 0 aliphatic rings. The summed E-state index contributed by atoms with van der Waals surface area (Å²) in [5.41, 5.74) is 0. The molecule has 0 heterocycles. The summed E-state index contributed by atoms with van der Waals surface area (Å²) < 4.78 is 26.1. The van der Waals surface area contributed by atoms with Gasteiger partial charge in [-0.25, -0.2) is 4.57 Å². The van der Waals surface area contributed by atoms with Crippen LogP contribution in [0.3, 0.4) is 0 Å². The number of aliphatic hydroxyl groups is 3. The Morgan fingerprint density at radius 3 is 1.71 bits per heavy atom. The average Bonchev–Trinajstić information content (AvgIpc) is 3.08. The van der Waals surface area contributed by atoms with Crippen LogP contribution < -0.4 is 0 Å². The first-order valence-corrected chi connectivity index (χ1v) is 21.1. The van der Waals surface area contributed by atoms with Gasteiger partial charge in [0.1, 0.15) is 6.61 Å². The zero-order valence-electron chi connectivity index (χ0n) is 32.2. The van der Waals surface area contributed by atoms with E-state index in [9.17, 15) is 29.5 Å². The minimum atomic E-state index is -4.85. The summed E-state index contributed by atoms with van der Waals surface area (Å²) in [6, 6.07) is 0. The van der Waals surface area contributed by atoms with Gasteiger partial charge in [-0.05, 0) is 31.6 Å². The number of rotatable bonds is 34. The first-order valence-electron chi connectivity index (χ1n) is 19.6. The summed E-state index contributed by atoms with van der Waals surface area (Å²) in [6.07, 6.45) is 27.8. The second-order valence-electron chi connectivity index (χ2n) is 14.0. The number of phosphoric ester groups is 1. The van der Waals surface area contributed by atoms with Gasteiger partial charge in [0, 0.05) is 12.8 Å². The Labute approximate surface area is 313 Å². The molecule has 0 aliphatic heterocycles. The quantitative estimate of drug-likeness (QED) is 0.0184. The Morgan fingerprint density at radius 2 is 1.13 bits per heavy atom. The van der Waals surface area contributed by atoms with Crippen molar-refractivity contribution < 1.29 is 53.3 Å². The Morgan fingerprint density at radius 1 is 0.615 bits per heavy atom. The normalized spacial score (nSPS) is 14.9. The molecule has 4 atom stereocenters. The van der Waals surface area contributed by atoms with Crippen LogP contribution in [-0.4, -0.2) is 74.7 Å². The predicted octanol–water partition coefficient (Wildman–Crippen LogP) is 8.34. The summed E-state index contributed by atoms with van der Waals surface area (Å²) in [5.74, 6) is -0.427. The van der Waals surface area contributed by atoms with Gasteiger partial charge in [-0.3, -0.25) is 14.1 Å². The van der Waals surface area contributed by atoms with Crippen molar-refractivity contribution in [1.82, 2.24) is 0 Å². The van der Waals surface area contributed by atoms with Crippen molar-refractivity contribution in [2.24, 2.45) is 5.92 Å². The molecule has 0 aromatic carbocycles. The molecule has 5 N–H and O–H groups in total. The fourth-order valence-electron chi connectivity index (χ4n) is 5.29. The first-order chi connectivity index (χ1) is 24.8. The van der Waals surface area contributed by atoms with Crippen molar-refractivity contribution >= 4 is 19.8 Å². The van der Waals surface area contributed by atoms with Gasteiger partial charge in [-0.15, -0.1) is 0 Å². The minimum absolute atomic E-state index is 0.0901. The van der Waals surface area contributed by atoms with Gasteiger partial charge in [0.2, 0.25) is 0 Å². The van der Waals surface area contributed by atoms with E-state index < -0.39 is 57.4 Å². The molecule has 0 fully saturated rings. The number of ether oxygens (including phenoxy) is 2. The zero-order valence-corrected chi connectivity index (χ0v) is 33.1. The lowest BCUT2D eigenvalue weighted by atomic mass is 10.0. The molecular weight excluding hydrogens is 687 g/mol. The van der Waals surface area contributed by atoms with Gasteiger partial charge in [-0.1, -0.05) is 159 Å². The fourth-order valence-corrected chi connectivity index (χ4v) is 5.65. The first kappa shape index (κ1) is 49.9. The summed E-state index contributed by atoms with van der Waals surface area (Å²) in [7, 11) is -4.85. The van der Waals surface area contributed by atoms with Crippen LogP contribution >= 0.6 is 7.82 Å². The highest BCUT2D eigenvalue weighted by atomic mass is 31.2. The molecule has 0 rings (SSSR count). The van der Waals surface area contributed by atoms with Crippen molar-refractivity contribution in [2.75, 3.05) is 13.2 Å². The zero-order chi connectivity index (χ0) is 38.9. The topological polar surface area (TPSA) is 180 Å². The molecular formula is C40H71O11P. The average molecular weight is 759 g/mol. The number of hydrogen-bond donors (Lipinski definition) is 5. The van der Waals surface area contributed by atoms with Gasteiger partial charge < -0.3 is 34.6 Å². The SMILES string of the molecule is CCCCC[C@H](O)/C=C/C=C\C=C\C=C\[C@H](O)[C@@H](O)CCCC(=O)O[C@H](COC(=O)CCCCCCCCCCCCCC(C)C)COP(=O)(O)O. The highest BCUT2D eigenvalue weighted by Gasteiger charge is 2.23. The third-order valence-electron chi connectivity index (χ3n) is 8.39. The number of carbonyl (C=O) groups is 2. The lowest BCUT2D eigenvalue weighted by Gasteiger charge is -2.19. The molecule has 0 amide bonds. The van der Waals surface area contributed by atoms with Gasteiger partial charge in [0.25, 0.3) is 0 Å². The van der Waals surface area contributed by atoms with E-state index in [2.05, 4.69) is 25.3 Å². The molecule has 0 spiro atoms. The summed E-state index contributed by atoms with van der Waals surface area (Å²) in [4.78, 5) is 42.8. The van der Waals surface area contributed by atoms with E-state index in [1.807, 2.05) is 0 Å². The van der Waals surface area contributed by atoms with Crippen molar-refractivity contribution in [3.63, 3.8) is 0 Å². The number of phosphoric acid groups is 1. The van der Waals surface area contributed by atoms with E-state index in [0.29, 0.717) is 6.42 Å². The third kappa shape index (κ3) is 34.9. The maximum Gasteiger partial charge on any atom is 0.469 e. The number of hydrogen-bond acceptors (Lipinski definition) is 9. The van der Waals surface area contributed by atoms with Crippen LogP contribution in [0.4, 0.5) is 0 Å². The molecule has 12 heteroatoms. The molecule has 0 aliphatic carbocycles. The number of unbranched alkanes of at least 4 members (excludes halogenated alkanes) is 12. The van der Waals surface area contributed by atoms with Crippen LogP contribution in [0.5, 0.6) is 0 Å². The Hall–Kier alpha value is -2.11. The van der Waals surface area contributed by atoms with Crippen LogP contribution in [0, 0.1) is 5.92 Å². The molecule has 0 radical (unpaired) electrons. The molecule has 0 bridgehead atoms. The molecule has 11 nitrogen and oxygen atoms in total. The van der Waals surface area contributed by atoms with E-state index in [0.717, 1.165) is 50.9 Å². The second kappa shape index (κ2) is 33.5. The Kier molecular flexibility index (Phi) is 32.1. The second-order valence-corrected chi connectivity index (χ2v) is 15.2. The fraction of sp³-hybridized carbons (Fsp3) is 0.750. The van der Waals surface area contributed by atoms with Crippen molar-refractivity contribution in [2.45, 2.75) is 174 Å². The Balaban J connectivity index is 4.32. The minimum Gasteiger partial charge on any atom is -0.462 e. The molecule has 0 aromatic heterocycles. The van der Waals surface area contributed by atoms with Crippen LogP contribution in [0.2, 0.25) is 0 Å². The molecule has 302 valence electrons. The monoisotopic (exact) mass is 758 g/mol. The van der Waals surface area contributed by atoms with Gasteiger partial charge in [0.05, 0.1) is 24.9 Å². The summed E-state index contributed by atoms with van der Waals surface area (Å²) in [5, 5.41) is 30.3. The number of aliphatic hydroxyl groups excluding tert-OH is 3. The lowest BCUT2D eigenvalue weighted by molar-refractivity contribution is -0.161. The van der Waals surface area contributed by atoms with E-state index >= 15 is 0 Å². The van der Waals surface area contributed by atoms with Crippen LogP contribution in [-0.2, 0) is 28.2 Å². The van der Waals surface area contributed by atoms with Gasteiger partial charge in [-0.2, -0.15) is 0 Å². The molecule has 0 saturated carbocycles. The van der Waals surface area contributed by atoms with Crippen LogP contribution in [0.25, 0.3) is 0 Å². The van der Waals surface area contributed by atoms with E-state index in [4.69, 9.17) is 19.3 Å². The standard InChI is InChI=1S/C40H71O11P/c1-4-5-19-26-35(41)27-21-16-13-14-17-22-28-37(42)38(43)29-24-31-40(45)51-36(33-50-52(46,47)48)32-49-39(44)30-23-18-12-10-8-6-7-9-11-15-20-25-34(2)3/h13-14,16-17,21-22,27-28,34-38,41-43H,4-12,15,18-20,23-26,29-33H2,1-3H3,(H2,46,47,48)/b16-13-,17-14+,27-21+,28-22+/t35-,36+,37-,38-/m0/s1. The van der Waals surface area contributed by atoms with E-state index in [1.54, 1.807) is 42.5 Å². The molecule has 0 saturated heterocycles. The van der Waals surface area contributed by atoms with Crippen molar-refractivity contribution in [1.29, 1.82) is 0 Å². The maximum atomic E-state index is 12.4. The highest BCUT2D eigenvalue weighted by molar-refractivity contribution is 7.46.